The van der Waals surface area contributed by atoms with E-state index in [1.807, 2.05) is 19.1 Å². The lowest BCUT2D eigenvalue weighted by molar-refractivity contribution is -0.123. The van der Waals surface area contributed by atoms with Gasteiger partial charge >= 0.3 is 0 Å². The van der Waals surface area contributed by atoms with Crippen molar-refractivity contribution in [1.29, 1.82) is 0 Å². The van der Waals surface area contributed by atoms with Crippen LogP contribution in [-0.4, -0.2) is 25.0 Å². The molecule has 2 aromatic carbocycles. The maximum absolute atomic E-state index is 12.5. The quantitative estimate of drug-likeness (QED) is 0.721. The first-order valence-corrected chi connectivity index (χ1v) is 9.49. The van der Waals surface area contributed by atoms with Gasteiger partial charge in [0.15, 0.2) is 6.61 Å². The summed E-state index contributed by atoms with van der Waals surface area (Å²) in [5.74, 6) is 0.196. The number of likely N-dealkylation sites (N-methyl/N-ethyl adjacent to an activating group) is 1. The Balaban J connectivity index is 1.58. The van der Waals surface area contributed by atoms with Crippen molar-refractivity contribution in [1.82, 2.24) is 5.32 Å². The van der Waals surface area contributed by atoms with Crippen molar-refractivity contribution < 1.29 is 14.3 Å². The predicted molar refractivity (Wildman–Crippen MR) is 107 cm³/mol. The number of rotatable bonds is 7. The SMILES string of the molecule is CCNC(=O)COc1cccc(NC(=O)C2CC2c2cccc(Cl)c2Cl)c1. The Labute approximate surface area is 168 Å². The van der Waals surface area contributed by atoms with E-state index in [2.05, 4.69) is 10.6 Å². The van der Waals surface area contributed by atoms with Crippen molar-refractivity contribution in [2.24, 2.45) is 5.92 Å². The predicted octanol–water partition coefficient (Wildman–Crippen LogP) is 4.25. The van der Waals surface area contributed by atoms with Gasteiger partial charge in [-0.2, -0.15) is 0 Å². The molecule has 1 aliphatic rings. The molecule has 1 saturated carbocycles. The summed E-state index contributed by atoms with van der Waals surface area (Å²) < 4.78 is 5.44. The first-order valence-electron chi connectivity index (χ1n) is 8.74. The highest BCUT2D eigenvalue weighted by Crippen LogP contribution is 2.51. The number of hydrogen-bond acceptors (Lipinski definition) is 3. The van der Waals surface area contributed by atoms with Crippen LogP contribution in [0.25, 0.3) is 0 Å². The topological polar surface area (TPSA) is 67.4 Å². The van der Waals surface area contributed by atoms with E-state index in [4.69, 9.17) is 27.9 Å². The molecule has 3 rings (SSSR count). The van der Waals surface area contributed by atoms with Crippen molar-refractivity contribution in [3.63, 3.8) is 0 Å². The largest absolute Gasteiger partial charge is 0.484 e. The molecular weight excluding hydrogens is 387 g/mol. The van der Waals surface area contributed by atoms with Crippen LogP contribution in [0, 0.1) is 5.92 Å². The second kappa shape index (κ2) is 8.63. The molecule has 142 valence electrons. The first-order chi connectivity index (χ1) is 13.0. The summed E-state index contributed by atoms with van der Waals surface area (Å²) in [5, 5.41) is 6.57. The Morgan fingerprint density at radius 1 is 1.19 bits per heavy atom. The smallest absolute Gasteiger partial charge is 0.257 e. The number of anilines is 1. The lowest BCUT2D eigenvalue weighted by atomic mass is 10.1. The zero-order valence-corrected chi connectivity index (χ0v) is 16.3. The number of ether oxygens (including phenoxy) is 1. The Hall–Kier alpha value is -2.24. The number of benzene rings is 2. The number of halogens is 2. The molecule has 0 radical (unpaired) electrons. The number of amides is 2. The number of carbonyl (C=O) groups is 2. The van der Waals surface area contributed by atoms with Crippen LogP contribution in [0.2, 0.25) is 10.0 Å². The van der Waals surface area contributed by atoms with Crippen LogP contribution in [0.4, 0.5) is 5.69 Å². The number of carbonyl (C=O) groups excluding carboxylic acids is 2. The standard InChI is InChI=1S/C20H20Cl2N2O3/c1-2-23-18(25)11-27-13-6-3-5-12(9-13)24-20(26)16-10-15(16)14-7-4-8-17(21)19(14)22/h3-9,15-16H,2,10-11H2,1H3,(H,23,25)(H,24,26). The molecule has 0 spiro atoms. The van der Waals surface area contributed by atoms with Gasteiger partial charge in [-0.3, -0.25) is 9.59 Å². The van der Waals surface area contributed by atoms with Gasteiger partial charge in [0.1, 0.15) is 5.75 Å². The molecule has 0 heterocycles. The Morgan fingerprint density at radius 3 is 2.74 bits per heavy atom. The van der Waals surface area contributed by atoms with E-state index < -0.39 is 0 Å². The highest BCUT2D eigenvalue weighted by molar-refractivity contribution is 6.42. The van der Waals surface area contributed by atoms with Crippen molar-refractivity contribution in [3.05, 3.63) is 58.1 Å². The van der Waals surface area contributed by atoms with Crippen LogP contribution in [0.5, 0.6) is 5.75 Å². The summed E-state index contributed by atoms with van der Waals surface area (Å²) in [6, 6.07) is 12.5. The van der Waals surface area contributed by atoms with Gasteiger partial charge in [0, 0.05) is 24.2 Å². The van der Waals surface area contributed by atoms with E-state index in [-0.39, 0.29) is 30.3 Å². The molecular formula is C20H20Cl2N2O3. The summed E-state index contributed by atoms with van der Waals surface area (Å²) in [6.45, 7) is 2.33. The van der Waals surface area contributed by atoms with Gasteiger partial charge in [0.05, 0.1) is 10.0 Å². The minimum atomic E-state index is -0.189. The minimum Gasteiger partial charge on any atom is -0.484 e. The van der Waals surface area contributed by atoms with E-state index in [1.165, 1.54) is 0 Å². The Bertz CT molecular complexity index is 857. The second-order valence-electron chi connectivity index (χ2n) is 6.35. The summed E-state index contributed by atoms with van der Waals surface area (Å²) in [6.07, 6.45) is 0.735. The Morgan fingerprint density at radius 2 is 1.96 bits per heavy atom. The van der Waals surface area contributed by atoms with E-state index in [1.54, 1.807) is 30.3 Å². The minimum absolute atomic E-state index is 0.0663. The van der Waals surface area contributed by atoms with Gasteiger partial charge in [-0.05, 0) is 43.0 Å². The van der Waals surface area contributed by atoms with E-state index in [0.717, 1.165) is 12.0 Å². The van der Waals surface area contributed by atoms with Crippen molar-refractivity contribution >= 4 is 40.7 Å². The molecule has 2 unspecified atom stereocenters. The van der Waals surface area contributed by atoms with Gasteiger partial charge in [0.2, 0.25) is 5.91 Å². The molecule has 1 aliphatic carbocycles. The van der Waals surface area contributed by atoms with E-state index in [0.29, 0.717) is 28.0 Å². The summed E-state index contributed by atoms with van der Waals surface area (Å²) in [5.41, 5.74) is 1.53. The zero-order chi connectivity index (χ0) is 19.4. The van der Waals surface area contributed by atoms with Gasteiger partial charge in [-0.1, -0.05) is 41.4 Å². The van der Waals surface area contributed by atoms with Crippen LogP contribution in [0.15, 0.2) is 42.5 Å². The fourth-order valence-corrected chi connectivity index (χ4v) is 3.38. The summed E-state index contributed by atoms with van der Waals surface area (Å²) in [7, 11) is 0. The lowest BCUT2D eigenvalue weighted by Gasteiger charge is -2.09. The third-order valence-corrected chi connectivity index (χ3v) is 5.19. The monoisotopic (exact) mass is 406 g/mol. The van der Waals surface area contributed by atoms with Crippen LogP contribution >= 0.6 is 23.2 Å². The molecule has 2 amide bonds. The first kappa shape index (κ1) is 19.5. The van der Waals surface area contributed by atoms with Crippen molar-refractivity contribution in [2.75, 3.05) is 18.5 Å². The maximum Gasteiger partial charge on any atom is 0.257 e. The average Bonchev–Trinajstić information content (AvgIpc) is 3.44. The van der Waals surface area contributed by atoms with E-state index >= 15 is 0 Å². The highest BCUT2D eigenvalue weighted by Gasteiger charge is 2.45. The zero-order valence-electron chi connectivity index (χ0n) is 14.8. The Kier molecular flexibility index (Phi) is 6.24. The van der Waals surface area contributed by atoms with Crippen LogP contribution in [-0.2, 0) is 9.59 Å². The third kappa shape index (κ3) is 4.93. The van der Waals surface area contributed by atoms with Crippen LogP contribution in [0.1, 0.15) is 24.8 Å². The molecule has 0 aromatic heterocycles. The van der Waals surface area contributed by atoms with Crippen LogP contribution in [0.3, 0.4) is 0 Å². The average molecular weight is 407 g/mol. The highest BCUT2D eigenvalue weighted by atomic mass is 35.5. The van der Waals surface area contributed by atoms with Gasteiger partial charge in [-0.25, -0.2) is 0 Å². The second-order valence-corrected chi connectivity index (χ2v) is 7.14. The summed E-state index contributed by atoms with van der Waals surface area (Å²) >= 11 is 12.3. The molecule has 0 saturated heterocycles. The number of nitrogens with one attached hydrogen (secondary N) is 2. The van der Waals surface area contributed by atoms with Crippen LogP contribution < -0.4 is 15.4 Å². The van der Waals surface area contributed by atoms with Gasteiger partial charge in [0.25, 0.3) is 5.91 Å². The molecule has 0 bridgehead atoms. The normalized spacial score (nSPS) is 17.9. The number of hydrogen-bond donors (Lipinski definition) is 2. The van der Waals surface area contributed by atoms with Gasteiger partial charge < -0.3 is 15.4 Å². The molecule has 2 N–H and O–H groups in total. The molecule has 1 fully saturated rings. The lowest BCUT2D eigenvalue weighted by Crippen LogP contribution is -2.28. The fraction of sp³-hybridized carbons (Fsp3) is 0.300. The molecule has 27 heavy (non-hydrogen) atoms. The third-order valence-electron chi connectivity index (χ3n) is 4.35. The van der Waals surface area contributed by atoms with Gasteiger partial charge in [-0.15, -0.1) is 0 Å². The molecule has 7 heteroatoms. The maximum atomic E-state index is 12.5. The molecule has 0 aliphatic heterocycles. The summed E-state index contributed by atoms with van der Waals surface area (Å²) in [4.78, 5) is 24.0. The molecule has 2 atom stereocenters. The fourth-order valence-electron chi connectivity index (χ4n) is 2.93. The van der Waals surface area contributed by atoms with E-state index in [9.17, 15) is 9.59 Å². The van der Waals surface area contributed by atoms with Crippen molar-refractivity contribution in [3.8, 4) is 5.75 Å². The van der Waals surface area contributed by atoms with Crippen molar-refractivity contribution in [2.45, 2.75) is 19.3 Å². The molecule has 5 nitrogen and oxygen atoms in total. The molecule has 2 aromatic rings.